The van der Waals surface area contributed by atoms with Crippen LogP contribution in [0.2, 0.25) is 0 Å². The maximum absolute atomic E-state index is 6.18. The zero-order valence-corrected chi connectivity index (χ0v) is 10.5. The third-order valence-corrected chi connectivity index (χ3v) is 3.07. The Kier molecular flexibility index (Phi) is 3.75. The second kappa shape index (κ2) is 5.28. The van der Waals surface area contributed by atoms with E-state index in [-0.39, 0.29) is 6.04 Å². The van der Waals surface area contributed by atoms with Crippen molar-refractivity contribution in [1.82, 2.24) is 0 Å². The fourth-order valence-electron chi connectivity index (χ4n) is 1.72. The Bertz CT molecular complexity index is 453. The van der Waals surface area contributed by atoms with Crippen molar-refractivity contribution in [1.29, 1.82) is 0 Å². The van der Waals surface area contributed by atoms with Crippen molar-refractivity contribution in [3.63, 3.8) is 0 Å². The van der Waals surface area contributed by atoms with Crippen LogP contribution in [-0.4, -0.2) is 0 Å². The number of hydrogen-bond donors (Lipinski definition) is 1. The molecule has 0 heterocycles. The van der Waals surface area contributed by atoms with E-state index in [1.807, 2.05) is 30.3 Å². The topological polar surface area (TPSA) is 26.0 Å². The van der Waals surface area contributed by atoms with Gasteiger partial charge in [0.25, 0.3) is 0 Å². The molecule has 2 aromatic rings. The van der Waals surface area contributed by atoms with Crippen LogP contribution in [0, 0.1) is 0 Å². The fourth-order valence-corrected chi connectivity index (χ4v) is 2.14. The molecule has 0 radical (unpaired) electrons. The molecule has 2 aromatic carbocycles. The highest BCUT2D eigenvalue weighted by Gasteiger charge is 2.06. The normalized spacial score (nSPS) is 12.4. The molecule has 0 unspecified atom stereocenters. The summed E-state index contributed by atoms with van der Waals surface area (Å²) >= 11 is 3.46. The third-order valence-electron chi connectivity index (χ3n) is 2.58. The standard InChI is InChI=1S/C14H14BrN/c15-13-8-4-7-12(10-13)14(16)9-11-5-2-1-3-6-11/h1-8,10,14H,9,16H2/t14-/m1/s1. The van der Waals surface area contributed by atoms with Gasteiger partial charge in [0, 0.05) is 10.5 Å². The Labute approximate surface area is 104 Å². The summed E-state index contributed by atoms with van der Waals surface area (Å²) in [6, 6.07) is 18.6. The number of rotatable bonds is 3. The van der Waals surface area contributed by atoms with Crippen LogP contribution in [0.15, 0.2) is 59.1 Å². The molecule has 16 heavy (non-hydrogen) atoms. The van der Waals surface area contributed by atoms with E-state index in [2.05, 4.69) is 40.2 Å². The van der Waals surface area contributed by atoms with E-state index in [1.165, 1.54) is 11.1 Å². The largest absolute Gasteiger partial charge is 0.324 e. The summed E-state index contributed by atoms with van der Waals surface area (Å²) < 4.78 is 1.08. The first-order valence-electron chi connectivity index (χ1n) is 5.30. The van der Waals surface area contributed by atoms with Crippen molar-refractivity contribution in [2.24, 2.45) is 5.73 Å². The van der Waals surface area contributed by atoms with E-state index < -0.39 is 0 Å². The molecule has 82 valence electrons. The van der Waals surface area contributed by atoms with Gasteiger partial charge in [0.05, 0.1) is 0 Å². The van der Waals surface area contributed by atoms with Gasteiger partial charge in [0.1, 0.15) is 0 Å². The SMILES string of the molecule is N[C@H](Cc1ccccc1)c1cccc(Br)c1. The molecular weight excluding hydrogens is 262 g/mol. The van der Waals surface area contributed by atoms with Crippen molar-refractivity contribution in [3.05, 3.63) is 70.2 Å². The molecule has 2 rings (SSSR count). The lowest BCUT2D eigenvalue weighted by Crippen LogP contribution is -2.13. The Balaban J connectivity index is 2.12. The van der Waals surface area contributed by atoms with Crippen molar-refractivity contribution in [3.8, 4) is 0 Å². The summed E-state index contributed by atoms with van der Waals surface area (Å²) in [7, 11) is 0. The van der Waals surface area contributed by atoms with Crippen molar-refractivity contribution in [2.75, 3.05) is 0 Å². The molecule has 0 fully saturated rings. The summed E-state index contributed by atoms with van der Waals surface area (Å²) in [5.41, 5.74) is 8.61. The Morgan fingerprint density at radius 2 is 1.75 bits per heavy atom. The fraction of sp³-hybridized carbons (Fsp3) is 0.143. The lowest BCUT2D eigenvalue weighted by atomic mass is 10.00. The first-order valence-corrected chi connectivity index (χ1v) is 6.10. The van der Waals surface area contributed by atoms with Crippen LogP contribution >= 0.6 is 15.9 Å². The summed E-state index contributed by atoms with van der Waals surface area (Å²) in [5.74, 6) is 0. The minimum atomic E-state index is 0.0555. The molecule has 0 bridgehead atoms. The Hall–Kier alpha value is -1.12. The van der Waals surface area contributed by atoms with Gasteiger partial charge in [-0.2, -0.15) is 0 Å². The quantitative estimate of drug-likeness (QED) is 0.909. The van der Waals surface area contributed by atoms with Crippen LogP contribution in [0.4, 0.5) is 0 Å². The molecule has 2 N–H and O–H groups in total. The maximum atomic E-state index is 6.18. The van der Waals surface area contributed by atoms with Gasteiger partial charge in [-0.25, -0.2) is 0 Å². The van der Waals surface area contributed by atoms with E-state index in [0.717, 1.165) is 10.9 Å². The van der Waals surface area contributed by atoms with Crippen molar-refractivity contribution in [2.45, 2.75) is 12.5 Å². The van der Waals surface area contributed by atoms with Gasteiger partial charge in [-0.05, 0) is 29.7 Å². The van der Waals surface area contributed by atoms with Gasteiger partial charge >= 0.3 is 0 Å². The second-order valence-electron chi connectivity index (χ2n) is 3.85. The highest BCUT2D eigenvalue weighted by Crippen LogP contribution is 2.19. The summed E-state index contributed by atoms with van der Waals surface area (Å²) in [6.07, 6.45) is 0.872. The van der Waals surface area contributed by atoms with E-state index in [1.54, 1.807) is 0 Å². The van der Waals surface area contributed by atoms with Crippen LogP contribution in [-0.2, 0) is 6.42 Å². The van der Waals surface area contributed by atoms with Crippen molar-refractivity contribution >= 4 is 15.9 Å². The first-order chi connectivity index (χ1) is 7.75. The molecule has 0 saturated heterocycles. The molecule has 1 atom stereocenters. The predicted octanol–water partition coefficient (Wildman–Crippen LogP) is 3.69. The van der Waals surface area contributed by atoms with E-state index >= 15 is 0 Å². The molecule has 0 aliphatic heterocycles. The van der Waals surface area contributed by atoms with E-state index in [9.17, 15) is 0 Å². The highest BCUT2D eigenvalue weighted by atomic mass is 79.9. The van der Waals surface area contributed by atoms with Crippen LogP contribution in [0.5, 0.6) is 0 Å². The van der Waals surface area contributed by atoms with Gasteiger partial charge in [0.2, 0.25) is 0 Å². The molecule has 2 heteroatoms. The number of benzene rings is 2. The van der Waals surface area contributed by atoms with Gasteiger partial charge in [-0.1, -0.05) is 58.4 Å². The number of halogens is 1. The predicted molar refractivity (Wildman–Crippen MR) is 71.2 cm³/mol. The molecule has 0 spiro atoms. The van der Waals surface area contributed by atoms with Crippen LogP contribution < -0.4 is 5.73 Å². The third kappa shape index (κ3) is 2.94. The Morgan fingerprint density at radius 3 is 2.44 bits per heavy atom. The average Bonchev–Trinajstić information content (AvgIpc) is 2.30. The molecule has 0 saturated carbocycles. The summed E-state index contributed by atoms with van der Waals surface area (Å²) in [5, 5.41) is 0. The lowest BCUT2D eigenvalue weighted by Gasteiger charge is -2.12. The van der Waals surface area contributed by atoms with Gasteiger partial charge in [0.15, 0.2) is 0 Å². The first kappa shape index (κ1) is 11.4. The van der Waals surface area contributed by atoms with Crippen LogP contribution in [0.1, 0.15) is 17.2 Å². The number of nitrogens with two attached hydrogens (primary N) is 1. The lowest BCUT2D eigenvalue weighted by molar-refractivity contribution is 0.721. The monoisotopic (exact) mass is 275 g/mol. The summed E-state index contributed by atoms with van der Waals surface area (Å²) in [6.45, 7) is 0. The van der Waals surface area contributed by atoms with Crippen LogP contribution in [0.25, 0.3) is 0 Å². The van der Waals surface area contributed by atoms with Crippen LogP contribution in [0.3, 0.4) is 0 Å². The minimum Gasteiger partial charge on any atom is -0.324 e. The zero-order chi connectivity index (χ0) is 11.4. The molecule has 0 aliphatic rings. The molecule has 1 nitrogen and oxygen atoms in total. The highest BCUT2D eigenvalue weighted by molar-refractivity contribution is 9.10. The second-order valence-corrected chi connectivity index (χ2v) is 4.77. The smallest absolute Gasteiger partial charge is 0.0336 e. The zero-order valence-electron chi connectivity index (χ0n) is 8.94. The minimum absolute atomic E-state index is 0.0555. The molecular formula is C14H14BrN. The van der Waals surface area contributed by atoms with E-state index in [0.29, 0.717) is 0 Å². The van der Waals surface area contributed by atoms with Gasteiger partial charge < -0.3 is 5.73 Å². The van der Waals surface area contributed by atoms with E-state index in [4.69, 9.17) is 5.73 Å². The molecule has 0 aromatic heterocycles. The molecule has 0 amide bonds. The molecule has 0 aliphatic carbocycles. The van der Waals surface area contributed by atoms with Gasteiger partial charge in [-0.15, -0.1) is 0 Å². The summed E-state index contributed by atoms with van der Waals surface area (Å²) in [4.78, 5) is 0. The van der Waals surface area contributed by atoms with Gasteiger partial charge in [-0.3, -0.25) is 0 Å². The average molecular weight is 276 g/mol. The number of hydrogen-bond acceptors (Lipinski definition) is 1. The van der Waals surface area contributed by atoms with Crippen molar-refractivity contribution < 1.29 is 0 Å². The maximum Gasteiger partial charge on any atom is 0.0336 e. The Morgan fingerprint density at radius 1 is 1.00 bits per heavy atom.